The number of hydrogen-bond acceptors (Lipinski definition) is 7. The predicted molar refractivity (Wildman–Crippen MR) is 110 cm³/mol. The van der Waals surface area contributed by atoms with Crippen molar-refractivity contribution in [3.63, 3.8) is 0 Å². The van der Waals surface area contributed by atoms with Crippen molar-refractivity contribution in [2.24, 2.45) is 5.92 Å². The van der Waals surface area contributed by atoms with Gasteiger partial charge in [0.1, 0.15) is 5.75 Å². The molecule has 1 atom stereocenters. The van der Waals surface area contributed by atoms with Gasteiger partial charge in [-0.05, 0) is 25.1 Å². The molecular formula is C19H20N4O3S2. The Bertz CT molecular complexity index is 986. The monoisotopic (exact) mass is 416 g/mol. The molecule has 4 rings (SSSR count). The minimum absolute atomic E-state index is 0.0656. The van der Waals surface area contributed by atoms with Crippen LogP contribution >= 0.6 is 22.7 Å². The van der Waals surface area contributed by atoms with Crippen molar-refractivity contribution in [3.05, 3.63) is 34.8 Å². The molecule has 1 aliphatic rings. The first-order valence-corrected chi connectivity index (χ1v) is 10.8. The highest BCUT2D eigenvalue weighted by Gasteiger charge is 2.36. The fourth-order valence-electron chi connectivity index (χ4n) is 3.15. The van der Waals surface area contributed by atoms with Crippen molar-refractivity contribution in [2.75, 3.05) is 24.6 Å². The Morgan fingerprint density at radius 2 is 2.32 bits per heavy atom. The Morgan fingerprint density at radius 3 is 3.11 bits per heavy atom. The van der Waals surface area contributed by atoms with Gasteiger partial charge in [-0.25, -0.2) is 9.97 Å². The van der Waals surface area contributed by atoms with Gasteiger partial charge >= 0.3 is 0 Å². The molecular weight excluding hydrogens is 396 g/mol. The number of anilines is 1. The third kappa shape index (κ3) is 4.00. The molecule has 1 aromatic carbocycles. The number of rotatable bonds is 7. The van der Waals surface area contributed by atoms with E-state index < -0.39 is 0 Å². The summed E-state index contributed by atoms with van der Waals surface area (Å²) in [6.45, 7) is 3.42. The molecule has 1 saturated heterocycles. The molecule has 3 heterocycles. The molecule has 3 aromatic rings. The summed E-state index contributed by atoms with van der Waals surface area (Å²) in [6, 6.07) is 5.70. The zero-order valence-electron chi connectivity index (χ0n) is 15.4. The maximum Gasteiger partial charge on any atom is 0.229 e. The van der Waals surface area contributed by atoms with Gasteiger partial charge < -0.3 is 10.1 Å². The average Bonchev–Trinajstić information content (AvgIpc) is 3.40. The van der Waals surface area contributed by atoms with Crippen LogP contribution in [0.25, 0.3) is 10.2 Å². The first kappa shape index (κ1) is 18.8. The number of carbonyl (C=O) groups excluding carboxylic acids is 2. The Labute approximate surface area is 170 Å². The number of aromatic nitrogens is 2. The van der Waals surface area contributed by atoms with Gasteiger partial charge in [0.05, 0.1) is 27.7 Å². The lowest BCUT2D eigenvalue weighted by Gasteiger charge is -2.13. The van der Waals surface area contributed by atoms with E-state index in [0.29, 0.717) is 31.2 Å². The van der Waals surface area contributed by atoms with E-state index in [0.717, 1.165) is 21.0 Å². The lowest BCUT2D eigenvalue weighted by Crippen LogP contribution is -2.34. The normalized spacial score (nSPS) is 16.7. The zero-order valence-corrected chi connectivity index (χ0v) is 17.0. The number of carbonyl (C=O) groups is 2. The molecule has 1 fully saturated rings. The van der Waals surface area contributed by atoms with E-state index in [1.165, 1.54) is 11.3 Å². The molecule has 0 radical (unpaired) electrons. The summed E-state index contributed by atoms with van der Waals surface area (Å²) in [7, 11) is 0. The number of ether oxygens (including phenoxy) is 1. The molecule has 0 bridgehead atoms. The third-order valence-electron chi connectivity index (χ3n) is 4.51. The van der Waals surface area contributed by atoms with Crippen LogP contribution in [-0.4, -0.2) is 41.5 Å². The van der Waals surface area contributed by atoms with Crippen molar-refractivity contribution in [3.8, 4) is 5.75 Å². The maximum atomic E-state index is 12.5. The van der Waals surface area contributed by atoms with Gasteiger partial charge in [-0.1, -0.05) is 11.3 Å². The number of nitrogens with one attached hydrogen (secondary N) is 1. The molecule has 1 aliphatic heterocycles. The first-order chi connectivity index (χ1) is 13.6. The largest absolute Gasteiger partial charge is 0.494 e. The van der Waals surface area contributed by atoms with Crippen molar-refractivity contribution < 1.29 is 14.3 Å². The van der Waals surface area contributed by atoms with Crippen LogP contribution in [0.4, 0.5) is 5.13 Å². The zero-order chi connectivity index (χ0) is 19.5. The molecule has 28 heavy (non-hydrogen) atoms. The summed E-state index contributed by atoms with van der Waals surface area (Å²) in [4.78, 5) is 35.3. The molecule has 2 aromatic heterocycles. The van der Waals surface area contributed by atoms with Gasteiger partial charge in [-0.15, -0.1) is 11.3 Å². The van der Waals surface area contributed by atoms with E-state index in [1.54, 1.807) is 22.4 Å². The van der Waals surface area contributed by atoms with Crippen molar-refractivity contribution in [1.29, 1.82) is 0 Å². The standard InChI is InChI=1S/C19H20N4O3S2/c1-2-26-13-3-4-14-15(10-13)28-19(22-14)23-11-12(9-17(23)24)18(25)21-6-5-16-20-7-8-27-16/h3-4,7-8,10,12H,2,5-6,9,11H2,1H3,(H,21,25). The highest BCUT2D eigenvalue weighted by Crippen LogP contribution is 2.34. The van der Waals surface area contributed by atoms with Gasteiger partial charge in [0.2, 0.25) is 11.8 Å². The van der Waals surface area contributed by atoms with Gasteiger partial charge in [0, 0.05) is 37.5 Å². The summed E-state index contributed by atoms with van der Waals surface area (Å²) in [5.74, 6) is 0.279. The van der Waals surface area contributed by atoms with E-state index in [-0.39, 0.29) is 24.2 Å². The topological polar surface area (TPSA) is 84.4 Å². The second-order valence-corrected chi connectivity index (χ2v) is 8.42. The number of thiazole rings is 2. The number of fused-ring (bicyclic) bond motifs is 1. The van der Waals surface area contributed by atoms with Gasteiger partial charge in [-0.3, -0.25) is 14.5 Å². The second kappa shape index (κ2) is 8.24. The van der Waals surface area contributed by atoms with E-state index in [2.05, 4.69) is 15.3 Å². The summed E-state index contributed by atoms with van der Waals surface area (Å²) >= 11 is 3.01. The molecule has 0 saturated carbocycles. The van der Waals surface area contributed by atoms with Crippen LogP contribution in [0.2, 0.25) is 0 Å². The smallest absolute Gasteiger partial charge is 0.229 e. The highest BCUT2D eigenvalue weighted by molar-refractivity contribution is 7.22. The summed E-state index contributed by atoms with van der Waals surface area (Å²) in [6.07, 6.45) is 2.67. The molecule has 146 valence electrons. The van der Waals surface area contributed by atoms with Crippen molar-refractivity contribution in [1.82, 2.24) is 15.3 Å². The van der Waals surface area contributed by atoms with E-state index >= 15 is 0 Å². The average molecular weight is 417 g/mol. The van der Waals surface area contributed by atoms with Crippen LogP contribution in [0.15, 0.2) is 29.8 Å². The summed E-state index contributed by atoms with van der Waals surface area (Å²) in [5, 5.41) is 6.46. The maximum absolute atomic E-state index is 12.5. The van der Waals surface area contributed by atoms with Gasteiger partial charge in [-0.2, -0.15) is 0 Å². The van der Waals surface area contributed by atoms with Crippen LogP contribution in [0.3, 0.4) is 0 Å². The van der Waals surface area contributed by atoms with Crippen LogP contribution in [-0.2, 0) is 16.0 Å². The van der Waals surface area contributed by atoms with Gasteiger partial charge in [0.15, 0.2) is 5.13 Å². The van der Waals surface area contributed by atoms with E-state index in [4.69, 9.17) is 4.74 Å². The molecule has 1 N–H and O–H groups in total. The summed E-state index contributed by atoms with van der Waals surface area (Å²) in [5.41, 5.74) is 0.826. The minimum atomic E-state index is -0.352. The number of hydrogen-bond donors (Lipinski definition) is 1. The lowest BCUT2D eigenvalue weighted by molar-refractivity contribution is -0.126. The SMILES string of the molecule is CCOc1ccc2nc(N3CC(C(=O)NCCc4nccs4)CC3=O)sc2c1. The van der Waals surface area contributed by atoms with E-state index in [9.17, 15) is 9.59 Å². The molecule has 7 nitrogen and oxygen atoms in total. The Kier molecular flexibility index (Phi) is 5.54. The first-order valence-electron chi connectivity index (χ1n) is 9.14. The Hall–Kier alpha value is -2.52. The Balaban J connectivity index is 1.39. The van der Waals surface area contributed by atoms with Gasteiger partial charge in [0.25, 0.3) is 0 Å². The number of benzene rings is 1. The van der Waals surface area contributed by atoms with Crippen LogP contribution < -0.4 is 15.0 Å². The molecule has 0 aliphatic carbocycles. The second-order valence-electron chi connectivity index (χ2n) is 6.43. The predicted octanol–water partition coefficient (Wildman–Crippen LogP) is 2.86. The van der Waals surface area contributed by atoms with Crippen LogP contribution in [0.5, 0.6) is 5.75 Å². The molecule has 1 unspecified atom stereocenters. The molecule has 2 amide bonds. The highest BCUT2D eigenvalue weighted by atomic mass is 32.1. The van der Waals surface area contributed by atoms with Crippen LogP contribution in [0, 0.1) is 5.92 Å². The Morgan fingerprint density at radius 1 is 1.43 bits per heavy atom. The minimum Gasteiger partial charge on any atom is -0.494 e. The quantitative estimate of drug-likeness (QED) is 0.640. The summed E-state index contributed by atoms with van der Waals surface area (Å²) < 4.78 is 6.49. The fraction of sp³-hybridized carbons (Fsp3) is 0.368. The molecule has 9 heteroatoms. The van der Waals surface area contributed by atoms with Crippen molar-refractivity contribution in [2.45, 2.75) is 19.8 Å². The van der Waals surface area contributed by atoms with Crippen molar-refractivity contribution >= 4 is 49.8 Å². The number of nitrogens with zero attached hydrogens (tertiary/aromatic N) is 3. The third-order valence-corrected chi connectivity index (χ3v) is 6.39. The van der Waals surface area contributed by atoms with Crippen LogP contribution in [0.1, 0.15) is 18.4 Å². The molecule has 0 spiro atoms. The number of amides is 2. The fourth-order valence-corrected chi connectivity index (χ4v) is 4.79. The lowest BCUT2D eigenvalue weighted by atomic mass is 10.1. The van der Waals surface area contributed by atoms with E-state index in [1.807, 2.05) is 30.5 Å².